The zero-order valence-electron chi connectivity index (χ0n) is 9.82. The maximum atomic E-state index is 5.31. The molecule has 0 aromatic carbocycles. The van der Waals surface area contributed by atoms with E-state index in [0.717, 1.165) is 23.1 Å². The summed E-state index contributed by atoms with van der Waals surface area (Å²) in [5.41, 5.74) is 0. The van der Waals surface area contributed by atoms with Crippen molar-refractivity contribution in [1.29, 1.82) is 0 Å². The Morgan fingerprint density at radius 1 is 1.38 bits per heavy atom. The van der Waals surface area contributed by atoms with Crippen molar-refractivity contribution in [1.82, 2.24) is 9.97 Å². The minimum Gasteiger partial charge on any atom is -0.490 e. The summed E-state index contributed by atoms with van der Waals surface area (Å²) in [5, 5.41) is 3.98. The summed E-state index contributed by atoms with van der Waals surface area (Å²) in [6.45, 7) is 3.50. The third kappa shape index (κ3) is 3.53. The number of hydrogen-bond acceptors (Lipinski definition) is 6. The summed E-state index contributed by atoms with van der Waals surface area (Å²) in [4.78, 5) is 8.33. The van der Waals surface area contributed by atoms with E-state index in [1.807, 2.05) is 6.92 Å². The monoisotopic (exact) mass is 243 g/mol. The van der Waals surface area contributed by atoms with Crippen molar-refractivity contribution in [2.45, 2.75) is 11.9 Å². The quantitative estimate of drug-likeness (QED) is 0.446. The van der Waals surface area contributed by atoms with Gasteiger partial charge in [0.25, 0.3) is 0 Å². The molecule has 1 heterocycles. The highest BCUT2D eigenvalue weighted by atomic mass is 32.2. The second-order valence-corrected chi connectivity index (χ2v) is 4.02. The van der Waals surface area contributed by atoms with E-state index >= 15 is 0 Å². The average Bonchev–Trinajstić information content (AvgIpc) is 2.30. The lowest BCUT2D eigenvalue weighted by atomic mass is 10.5. The first-order valence-corrected chi connectivity index (χ1v) is 6.06. The lowest BCUT2D eigenvalue weighted by Crippen LogP contribution is -2.04. The van der Waals surface area contributed by atoms with Gasteiger partial charge in [-0.2, -0.15) is 0 Å². The molecule has 0 spiro atoms. The summed E-state index contributed by atoms with van der Waals surface area (Å²) in [6.07, 6.45) is 1.54. The van der Waals surface area contributed by atoms with Gasteiger partial charge in [-0.25, -0.2) is 9.97 Å². The topological polar surface area (TPSA) is 56.3 Å². The number of rotatable bonds is 7. The van der Waals surface area contributed by atoms with Crippen LogP contribution in [0.5, 0.6) is 5.75 Å². The molecule has 1 aromatic heterocycles. The van der Waals surface area contributed by atoms with E-state index in [-0.39, 0.29) is 0 Å². The van der Waals surface area contributed by atoms with E-state index in [1.54, 1.807) is 26.0 Å². The highest BCUT2D eigenvalue weighted by Gasteiger charge is 2.11. The Morgan fingerprint density at radius 2 is 2.19 bits per heavy atom. The van der Waals surface area contributed by atoms with Crippen molar-refractivity contribution in [2.24, 2.45) is 0 Å². The van der Waals surface area contributed by atoms with Gasteiger partial charge in [0.15, 0.2) is 11.6 Å². The highest BCUT2D eigenvalue weighted by molar-refractivity contribution is 7.99. The van der Waals surface area contributed by atoms with Crippen molar-refractivity contribution in [3.05, 3.63) is 6.33 Å². The molecule has 6 heteroatoms. The summed E-state index contributed by atoms with van der Waals surface area (Å²) < 4.78 is 10.3. The summed E-state index contributed by atoms with van der Waals surface area (Å²) in [6, 6.07) is 0. The minimum atomic E-state index is 0.689. The molecule has 1 aromatic rings. The molecule has 0 saturated heterocycles. The summed E-state index contributed by atoms with van der Waals surface area (Å²) in [5.74, 6) is 2.28. The minimum absolute atomic E-state index is 0.689. The largest absolute Gasteiger partial charge is 0.490 e. The zero-order valence-corrected chi connectivity index (χ0v) is 10.6. The van der Waals surface area contributed by atoms with Gasteiger partial charge < -0.3 is 14.8 Å². The maximum Gasteiger partial charge on any atom is 0.193 e. The molecule has 0 amide bonds. The van der Waals surface area contributed by atoms with Gasteiger partial charge in [0, 0.05) is 19.4 Å². The van der Waals surface area contributed by atoms with Crippen molar-refractivity contribution in [3.8, 4) is 5.75 Å². The smallest absolute Gasteiger partial charge is 0.193 e. The first-order valence-electron chi connectivity index (χ1n) is 5.08. The molecule has 0 aliphatic carbocycles. The summed E-state index contributed by atoms with van der Waals surface area (Å²) >= 11 is 1.60. The maximum absolute atomic E-state index is 5.31. The van der Waals surface area contributed by atoms with Crippen LogP contribution in [0.1, 0.15) is 6.92 Å². The number of ether oxygens (including phenoxy) is 2. The van der Waals surface area contributed by atoms with Crippen LogP contribution in [0.4, 0.5) is 5.82 Å². The van der Waals surface area contributed by atoms with Gasteiger partial charge in [0.2, 0.25) is 0 Å². The molecule has 0 fully saturated rings. The second kappa shape index (κ2) is 7.29. The van der Waals surface area contributed by atoms with Crippen LogP contribution >= 0.6 is 11.8 Å². The Labute approximate surface area is 100.0 Å². The first-order chi connectivity index (χ1) is 7.83. The molecule has 1 rings (SSSR count). The molecular weight excluding hydrogens is 226 g/mol. The van der Waals surface area contributed by atoms with Crippen LogP contribution in [0.25, 0.3) is 0 Å². The van der Waals surface area contributed by atoms with Gasteiger partial charge in [0.1, 0.15) is 11.4 Å². The Morgan fingerprint density at radius 3 is 2.81 bits per heavy atom. The van der Waals surface area contributed by atoms with Crippen LogP contribution in [0.3, 0.4) is 0 Å². The van der Waals surface area contributed by atoms with Gasteiger partial charge in [-0.15, -0.1) is 11.8 Å². The van der Waals surface area contributed by atoms with Crippen molar-refractivity contribution in [3.63, 3.8) is 0 Å². The number of thioether (sulfide) groups is 1. The second-order valence-electron chi connectivity index (χ2n) is 2.93. The molecule has 0 radical (unpaired) electrons. The molecule has 90 valence electrons. The Hall–Kier alpha value is -1.01. The third-order valence-electron chi connectivity index (χ3n) is 1.85. The van der Waals surface area contributed by atoms with Gasteiger partial charge >= 0.3 is 0 Å². The van der Waals surface area contributed by atoms with Crippen LogP contribution in [0.2, 0.25) is 0 Å². The van der Waals surface area contributed by atoms with E-state index in [2.05, 4.69) is 15.3 Å². The number of hydrogen-bond donors (Lipinski definition) is 1. The van der Waals surface area contributed by atoms with E-state index in [0.29, 0.717) is 12.4 Å². The standard InChI is InChI=1S/C10H17N3O2S/c1-4-11-9-8(15-3)10(13-7-12-9)16-6-5-14-2/h7H,4-6H2,1-3H3,(H,11,12,13). The molecule has 5 nitrogen and oxygen atoms in total. The van der Waals surface area contributed by atoms with Crippen LogP contribution in [0.15, 0.2) is 11.4 Å². The van der Waals surface area contributed by atoms with Crippen molar-refractivity contribution in [2.75, 3.05) is 38.4 Å². The zero-order chi connectivity index (χ0) is 11.8. The van der Waals surface area contributed by atoms with Gasteiger partial charge in [-0.1, -0.05) is 0 Å². The molecule has 0 aliphatic rings. The number of nitrogens with one attached hydrogen (secondary N) is 1. The lowest BCUT2D eigenvalue weighted by Gasteiger charge is -2.11. The molecule has 0 saturated carbocycles. The normalized spacial score (nSPS) is 10.2. The fraction of sp³-hybridized carbons (Fsp3) is 0.600. The summed E-state index contributed by atoms with van der Waals surface area (Å²) in [7, 11) is 3.31. The van der Waals surface area contributed by atoms with Crippen LogP contribution in [-0.4, -0.2) is 43.1 Å². The Bertz CT molecular complexity index is 323. The van der Waals surface area contributed by atoms with Crippen molar-refractivity contribution >= 4 is 17.6 Å². The number of aromatic nitrogens is 2. The highest BCUT2D eigenvalue weighted by Crippen LogP contribution is 2.31. The fourth-order valence-electron chi connectivity index (χ4n) is 1.16. The first kappa shape index (κ1) is 13.1. The molecule has 0 aliphatic heterocycles. The number of anilines is 1. The predicted molar refractivity (Wildman–Crippen MR) is 65.3 cm³/mol. The van der Waals surface area contributed by atoms with E-state index in [1.165, 1.54) is 6.33 Å². The molecular formula is C10H17N3O2S. The van der Waals surface area contributed by atoms with Crippen LogP contribution < -0.4 is 10.1 Å². The Kier molecular flexibility index (Phi) is 5.95. The van der Waals surface area contributed by atoms with Gasteiger partial charge in [0.05, 0.1) is 13.7 Å². The van der Waals surface area contributed by atoms with E-state index in [9.17, 15) is 0 Å². The van der Waals surface area contributed by atoms with Crippen LogP contribution in [-0.2, 0) is 4.74 Å². The van der Waals surface area contributed by atoms with Crippen molar-refractivity contribution < 1.29 is 9.47 Å². The molecule has 16 heavy (non-hydrogen) atoms. The molecule has 0 unspecified atom stereocenters. The molecule has 0 atom stereocenters. The average molecular weight is 243 g/mol. The van der Waals surface area contributed by atoms with Gasteiger partial charge in [-0.3, -0.25) is 0 Å². The molecule has 1 N–H and O–H groups in total. The van der Waals surface area contributed by atoms with E-state index < -0.39 is 0 Å². The third-order valence-corrected chi connectivity index (χ3v) is 2.78. The Balaban J connectivity index is 2.77. The fourth-order valence-corrected chi connectivity index (χ4v) is 2.04. The van der Waals surface area contributed by atoms with E-state index in [4.69, 9.17) is 9.47 Å². The number of nitrogens with zero attached hydrogens (tertiary/aromatic N) is 2. The number of methoxy groups -OCH3 is 2. The molecule has 0 bridgehead atoms. The van der Waals surface area contributed by atoms with Gasteiger partial charge in [-0.05, 0) is 6.92 Å². The predicted octanol–water partition coefficient (Wildman–Crippen LogP) is 1.66. The van der Waals surface area contributed by atoms with Crippen LogP contribution in [0, 0.1) is 0 Å². The SMILES string of the molecule is CCNc1ncnc(SCCOC)c1OC. The lowest BCUT2D eigenvalue weighted by molar-refractivity contribution is 0.218.